The first-order valence-electron chi connectivity index (χ1n) is 29.4. The first kappa shape index (κ1) is 69.8. The van der Waals surface area contributed by atoms with E-state index in [-0.39, 0.29) is 38.5 Å². The topological polar surface area (TPSA) is 288 Å². The largest absolute Gasteiger partial charge is 0.370 e. The Morgan fingerprint density at radius 1 is 0.360 bits per heavy atom. The van der Waals surface area contributed by atoms with Gasteiger partial charge in [-0.15, -0.1) is 0 Å². The summed E-state index contributed by atoms with van der Waals surface area (Å²) in [4.78, 5) is 83.8. The maximum Gasteiger partial charge on any atom is 0.262 e. The average Bonchev–Trinajstić information content (AvgIpc) is 3.39. The third-order valence-electron chi connectivity index (χ3n) is 12.7. The number of guanidine groups is 1. The van der Waals surface area contributed by atoms with E-state index in [0.717, 1.165) is 77.0 Å². The van der Waals surface area contributed by atoms with Crippen molar-refractivity contribution < 1.29 is 28.8 Å². The van der Waals surface area contributed by atoms with Crippen LogP contribution >= 0.6 is 0 Å². The summed E-state index contributed by atoms with van der Waals surface area (Å²) in [5.74, 6) is -3.96. The number of hydrogen-bond donors (Lipinski definition) is 8. The van der Waals surface area contributed by atoms with Gasteiger partial charge in [0.1, 0.15) is 18.1 Å². The van der Waals surface area contributed by atoms with E-state index in [1.165, 1.54) is 116 Å². The number of hydrogen-bond acceptors (Lipinski definition) is 11. The summed E-state index contributed by atoms with van der Waals surface area (Å²) in [7, 11) is 0. The normalized spacial score (nSPS) is 12.7. The third-order valence-corrected chi connectivity index (χ3v) is 12.7. The van der Waals surface area contributed by atoms with Gasteiger partial charge in [-0.2, -0.15) is 20.4 Å². The van der Waals surface area contributed by atoms with Gasteiger partial charge in [0.15, 0.2) is 5.96 Å². The van der Waals surface area contributed by atoms with Crippen LogP contribution < -0.4 is 43.8 Å². The van der Waals surface area contributed by atoms with Crippen LogP contribution in [0.1, 0.15) is 272 Å². The number of aliphatic imine (C=N–C) groups is 1. The first-order valence-corrected chi connectivity index (χ1v) is 29.4. The minimum absolute atomic E-state index is 0.0574. The molecular formula is C56H105N13O6. The van der Waals surface area contributed by atoms with Gasteiger partial charge in [0.25, 0.3) is 11.8 Å². The number of nitrogens with two attached hydrogens (primary N) is 2. The molecule has 10 N–H and O–H groups in total. The van der Waals surface area contributed by atoms with Gasteiger partial charge in [-0.1, -0.05) is 182 Å². The molecule has 0 aliphatic rings. The highest BCUT2D eigenvalue weighted by molar-refractivity contribution is 5.93. The van der Waals surface area contributed by atoms with Crippen molar-refractivity contribution in [1.82, 2.24) is 32.3 Å². The van der Waals surface area contributed by atoms with Crippen LogP contribution in [-0.4, -0.2) is 84.4 Å². The van der Waals surface area contributed by atoms with E-state index in [4.69, 9.17) is 11.5 Å². The Hall–Kier alpha value is -5.23. The van der Waals surface area contributed by atoms with E-state index in [1.807, 2.05) is 0 Å². The summed E-state index contributed by atoms with van der Waals surface area (Å²) in [5, 5.41) is 21.6. The molecule has 0 aliphatic heterocycles. The number of nitrogens with zero attached hydrogens (tertiary/aromatic N) is 5. The molecule has 0 saturated carbocycles. The quantitative estimate of drug-likeness (QED) is 0.0125. The van der Waals surface area contributed by atoms with Gasteiger partial charge in [-0.25, -0.2) is 26.7 Å². The summed E-state index contributed by atoms with van der Waals surface area (Å²) in [6, 6.07) is -3.70. The second kappa shape index (κ2) is 52.2. The van der Waals surface area contributed by atoms with Crippen molar-refractivity contribution in [3.8, 4) is 0 Å². The lowest BCUT2D eigenvalue weighted by Crippen LogP contribution is -2.49. The van der Waals surface area contributed by atoms with Crippen LogP contribution in [0.2, 0.25) is 0 Å². The van der Waals surface area contributed by atoms with E-state index in [1.54, 1.807) is 24.9 Å². The fraction of sp³-hybridized carbons (Fsp3) is 0.804. The molecule has 0 rings (SSSR count). The first-order chi connectivity index (χ1) is 36.5. The zero-order chi connectivity index (χ0) is 55.3. The molecule has 3 atom stereocenters. The molecule has 19 nitrogen and oxygen atoms in total. The number of carbonyl (C=O) groups excluding carboxylic acids is 6. The Kier molecular flexibility index (Phi) is 48.6. The van der Waals surface area contributed by atoms with Gasteiger partial charge in [0.05, 0.1) is 0 Å². The molecule has 0 saturated heterocycles. The monoisotopic (exact) mass is 1060 g/mol. The lowest BCUT2D eigenvalue weighted by Gasteiger charge is -2.20. The minimum Gasteiger partial charge on any atom is -0.370 e. The second-order valence-corrected chi connectivity index (χ2v) is 19.8. The molecule has 0 aromatic heterocycles. The molecule has 0 aliphatic carbocycles. The molecule has 0 aromatic rings. The smallest absolute Gasteiger partial charge is 0.262 e. The predicted molar refractivity (Wildman–Crippen MR) is 308 cm³/mol. The third kappa shape index (κ3) is 45.9. The zero-order valence-corrected chi connectivity index (χ0v) is 47.3. The van der Waals surface area contributed by atoms with Gasteiger partial charge in [0.2, 0.25) is 23.6 Å². The summed E-state index contributed by atoms with van der Waals surface area (Å²) < 4.78 is 0. The van der Waals surface area contributed by atoms with Crippen LogP contribution in [0.3, 0.4) is 0 Å². The highest BCUT2D eigenvalue weighted by atomic mass is 16.2. The molecule has 0 spiro atoms. The molecule has 0 radical (unpaired) electrons. The van der Waals surface area contributed by atoms with Crippen LogP contribution in [0.5, 0.6) is 0 Å². The van der Waals surface area contributed by atoms with E-state index in [9.17, 15) is 28.8 Å². The maximum atomic E-state index is 13.8. The number of unbranched alkanes of at least 4 members (excludes halogenated alkanes) is 28. The fourth-order valence-corrected chi connectivity index (χ4v) is 8.08. The van der Waals surface area contributed by atoms with Gasteiger partial charge in [-0.3, -0.25) is 28.8 Å². The van der Waals surface area contributed by atoms with Gasteiger partial charge >= 0.3 is 0 Å². The van der Waals surface area contributed by atoms with Crippen molar-refractivity contribution in [2.24, 2.45) is 36.9 Å². The van der Waals surface area contributed by atoms with Crippen molar-refractivity contribution in [2.45, 2.75) is 290 Å². The number of rotatable bonds is 51. The van der Waals surface area contributed by atoms with E-state index >= 15 is 0 Å². The van der Waals surface area contributed by atoms with E-state index in [2.05, 4.69) is 85.4 Å². The molecule has 0 heterocycles. The minimum atomic E-state index is -1.32. The SMILES string of the molecule is CCCCCCCCC/C=N/NC(=O)CC[C@H](NC(=O)CC[C@H](N=C(N)N)C(=O)N[C@@H](CCC(=O)N/N=C/CCCCCCCCC)C(=O)N/N=C/CCCCCCCCC)C(=O)N/N=C/CCCCCCCCC. The zero-order valence-electron chi connectivity index (χ0n) is 47.3. The Morgan fingerprint density at radius 2 is 0.653 bits per heavy atom. The van der Waals surface area contributed by atoms with E-state index < -0.39 is 59.5 Å². The summed E-state index contributed by atoms with van der Waals surface area (Å²) in [6.07, 6.45) is 40.7. The van der Waals surface area contributed by atoms with Gasteiger partial charge < -0.3 is 22.1 Å². The average molecular weight is 1060 g/mol. The van der Waals surface area contributed by atoms with Crippen molar-refractivity contribution in [1.29, 1.82) is 0 Å². The molecule has 0 unspecified atom stereocenters. The van der Waals surface area contributed by atoms with Crippen LogP contribution in [0.15, 0.2) is 25.4 Å². The van der Waals surface area contributed by atoms with E-state index in [0.29, 0.717) is 12.8 Å². The van der Waals surface area contributed by atoms with Crippen LogP contribution in [0.25, 0.3) is 0 Å². The van der Waals surface area contributed by atoms with Crippen molar-refractivity contribution >= 4 is 66.3 Å². The number of nitrogens with one attached hydrogen (secondary N) is 6. The standard InChI is InChI=1S/C56H105N13O6/c1-5-9-13-17-21-25-29-33-43-59-66-51(71)41-38-48(54(74)68-61-45-35-31-27-23-19-15-11-7-3)63-50(70)40-37-47(65-56(57)58)53(73)64-49(55(75)69-62-46-36-32-28-24-20-16-12-8-4)39-42-52(72)67-60-44-34-30-26-22-18-14-10-6-2/h43-49H,5-42H2,1-4H3,(H,63,70)(H,64,73)(H,66,71)(H,67,72)(H,68,74)(H,69,75)(H4,57,58,65)/b59-43+,60-44+,61-45+,62-46+/t47-,48-,49-/m0/s1. The van der Waals surface area contributed by atoms with Crippen molar-refractivity contribution in [3.63, 3.8) is 0 Å². The molecule has 430 valence electrons. The predicted octanol–water partition coefficient (Wildman–Crippen LogP) is 9.91. The highest BCUT2D eigenvalue weighted by Gasteiger charge is 2.28. The molecule has 0 bridgehead atoms. The molecular weight excluding hydrogens is 951 g/mol. The van der Waals surface area contributed by atoms with Gasteiger partial charge in [-0.05, 0) is 70.6 Å². The lowest BCUT2D eigenvalue weighted by molar-refractivity contribution is -0.131. The summed E-state index contributed by atoms with van der Waals surface area (Å²) in [5.41, 5.74) is 21.5. The molecule has 75 heavy (non-hydrogen) atoms. The Morgan fingerprint density at radius 3 is 0.987 bits per heavy atom. The Labute approximate surface area is 452 Å². The van der Waals surface area contributed by atoms with Crippen LogP contribution in [-0.2, 0) is 28.8 Å². The lowest BCUT2D eigenvalue weighted by atomic mass is 10.1. The van der Waals surface area contributed by atoms with Crippen LogP contribution in [0, 0.1) is 0 Å². The Balaban J connectivity index is 5.79. The Bertz CT molecular complexity index is 1640. The fourth-order valence-electron chi connectivity index (χ4n) is 8.08. The maximum absolute atomic E-state index is 13.8. The second-order valence-electron chi connectivity index (χ2n) is 19.8. The number of carbonyl (C=O) groups is 6. The molecule has 6 amide bonds. The van der Waals surface area contributed by atoms with Gasteiger partial charge in [0, 0.05) is 44.1 Å². The number of hydrazone groups is 4. The molecule has 0 fully saturated rings. The summed E-state index contributed by atoms with van der Waals surface area (Å²) in [6.45, 7) is 8.76. The van der Waals surface area contributed by atoms with Crippen molar-refractivity contribution in [2.75, 3.05) is 0 Å². The highest BCUT2D eigenvalue weighted by Crippen LogP contribution is 2.12. The summed E-state index contributed by atoms with van der Waals surface area (Å²) >= 11 is 0. The number of amides is 6. The van der Waals surface area contributed by atoms with Crippen molar-refractivity contribution in [3.05, 3.63) is 0 Å². The molecule has 0 aromatic carbocycles. The molecule has 19 heteroatoms. The van der Waals surface area contributed by atoms with Crippen LogP contribution in [0.4, 0.5) is 0 Å².